The number of guanidine groups is 1. The van der Waals surface area contributed by atoms with Gasteiger partial charge in [-0.15, -0.1) is 24.0 Å². The van der Waals surface area contributed by atoms with E-state index in [2.05, 4.69) is 33.6 Å². The molecule has 9 heteroatoms. The molecule has 4 rings (SSSR count). The van der Waals surface area contributed by atoms with Gasteiger partial charge in [0.15, 0.2) is 5.96 Å². The largest absolute Gasteiger partial charge is 0.379 e. The van der Waals surface area contributed by atoms with Crippen molar-refractivity contribution in [2.75, 3.05) is 45.9 Å². The third kappa shape index (κ3) is 7.12. The van der Waals surface area contributed by atoms with Crippen molar-refractivity contribution >= 4 is 35.6 Å². The lowest BCUT2D eigenvalue weighted by molar-refractivity contribution is 0.0179. The highest BCUT2D eigenvalue weighted by Gasteiger charge is 2.22. The Morgan fingerprint density at radius 3 is 2.67 bits per heavy atom. The van der Waals surface area contributed by atoms with E-state index in [1.54, 1.807) is 0 Å². The number of aromatic nitrogens is 2. The van der Waals surface area contributed by atoms with E-state index in [1.165, 1.54) is 12.1 Å². The maximum atomic E-state index is 13.5. The number of fused-ring (bicyclic) bond motifs is 1. The lowest BCUT2D eigenvalue weighted by Crippen LogP contribution is -2.42. The van der Waals surface area contributed by atoms with Crippen LogP contribution in [0.5, 0.6) is 0 Å². The number of aliphatic imine (C=N–C) groups is 1. The zero-order valence-corrected chi connectivity index (χ0v) is 21.2. The molecule has 7 nitrogen and oxygen atoms in total. The van der Waals surface area contributed by atoms with Gasteiger partial charge in [0, 0.05) is 45.0 Å². The zero-order chi connectivity index (χ0) is 22.2. The van der Waals surface area contributed by atoms with Gasteiger partial charge in [0.05, 0.1) is 31.5 Å². The van der Waals surface area contributed by atoms with E-state index in [0.717, 1.165) is 55.5 Å². The summed E-state index contributed by atoms with van der Waals surface area (Å²) in [4.78, 5) is 11.9. The number of hydrogen-bond donors (Lipinski definition) is 2. The van der Waals surface area contributed by atoms with Crippen LogP contribution in [-0.4, -0.2) is 66.2 Å². The predicted octanol–water partition coefficient (Wildman–Crippen LogP) is 3.26. The second-order valence-corrected chi connectivity index (χ2v) is 7.81. The monoisotopic (exact) mass is 566 g/mol. The van der Waals surface area contributed by atoms with E-state index in [9.17, 15) is 4.39 Å². The Morgan fingerprint density at radius 2 is 1.94 bits per heavy atom. The summed E-state index contributed by atoms with van der Waals surface area (Å²) < 4.78 is 21.0. The zero-order valence-electron chi connectivity index (χ0n) is 18.9. The van der Waals surface area contributed by atoms with Crippen LogP contribution in [0.15, 0.2) is 59.9 Å². The number of pyridine rings is 1. The molecule has 1 aliphatic rings. The maximum absolute atomic E-state index is 13.5. The van der Waals surface area contributed by atoms with Crippen molar-refractivity contribution in [3.05, 3.63) is 71.9 Å². The summed E-state index contributed by atoms with van der Waals surface area (Å²) >= 11 is 0. The molecular formula is C24H32FIN6O. The van der Waals surface area contributed by atoms with Gasteiger partial charge in [0.1, 0.15) is 11.5 Å². The smallest absolute Gasteiger partial charge is 0.191 e. The minimum absolute atomic E-state index is 0. The average molecular weight is 566 g/mol. The van der Waals surface area contributed by atoms with E-state index in [-0.39, 0.29) is 35.8 Å². The molecule has 3 heterocycles. The minimum atomic E-state index is -0.222. The van der Waals surface area contributed by atoms with Gasteiger partial charge >= 0.3 is 0 Å². The molecule has 1 fully saturated rings. The molecule has 2 aromatic heterocycles. The fourth-order valence-corrected chi connectivity index (χ4v) is 3.94. The molecule has 0 aliphatic carbocycles. The van der Waals surface area contributed by atoms with Gasteiger partial charge in [-0.1, -0.05) is 18.2 Å². The second kappa shape index (κ2) is 12.9. The first kappa shape index (κ1) is 25.4. The lowest BCUT2D eigenvalue weighted by Gasteiger charge is -2.34. The molecule has 1 aliphatic heterocycles. The van der Waals surface area contributed by atoms with Gasteiger partial charge in [-0.3, -0.25) is 9.89 Å². The Hall–Kier alpha value is -2.24. The van der Waals surface area contributed by atoms with Gasteiger partial charge < -0.3 is 19.8 Å². The predicted molar refractivity (Wildman–Crippen MR) is 140 cm³/mol. The summed E-state index contributed by atoms with van der Waals surface area (Å²) in [5.74, 6) is 0.552. The van der Waals surface area contributed by atoms with E-state index in [4.69, 9.17) is 9.73 Å². The maximum Gasteiger partial charge on any atom is 0.191 e. The molecule has 1 atom stereocenters. The van der Waals surface area contributed by atoms with Crippen LogP contribution >= 0.6 is 24.0 Å². The van der Waals surface area contributed by atoms with Gasteiger partial charge in [0.2, 0.25) is 0 Å². The van der Waals surface area contributed by atoms with Gasteiger partial charge in [0.25, 0.3) is 0 Å². The van der Waals surface area contributed by atoms with Crippen LogP contribution in [0.25, 0.3) is 5.65 Å². The van der Waals surface area contributed by atoms with Crippen molar-refractivity contribution in [1.82, 2.24) is 24.9 Å². The molecule has 2 N–H and O–H groups in total. The van der Waals surface area contributed by atoms with Crippen molar-refractivity contribution in [2.24, 2.45) is 4.99 Å². The second-order valence-electron chi connectivity index (χ2n) is 7.81. The highest BCUT2D eigenvalue weighted by Crippen LogP contribution is 2.22. The van der Waals surface area contributed by atoms with E-state index >= 15 is 0 Å². The van der Waals surface area contributed by atoms with E-state index in [0.29, 0.717) is 19.8 Å². The Bertz CT molecular complexity index is 986. The first-order valence-corrected chi connectivity index (χ1v) is 11.2. The van der Waals surface area contributed by atoms with Crippen molar-refractivity contribution in [3.63, 3.8) is 0 Å². The van der Waals surface area contributed by atoms with Crippen molar-refractivity contribution < 1.29 is 9.13 Å². The summed E-state index contributed by atoms with van der Waals surface area (Å²) in [7, 11) is 0. The van der Waals surface area contributed by atoms with Crippen molar-refractivity contribution in [3.8, 4) is 0 Å². The molecule has 178 valence electrons. The molecule has 33 heavy (non-hydrogen) atoms. The molecule has 0 spiro atoms. The standard InChI is InChI=1S/C24H31FN6O.HI/c1-2-26-24(27-11-10-21-18-31-12-4-3-5-23(31)29-21)28-17-22(30-13-15-32-16-14-30)19-6-8-20(25)9-7-19;/h3-9,12,18,22H,2,10-11,13-17H2,1H3,(H2,26,27,28);1H. The first-order chi connectivity index (χ1) is 15.7. The van der Waals surface area contributed by atoms with Crippen LogP contribution in [-0.2, 0) is 11.2 Å². The quantitative estimate of drug-likeness (QED) is 0.249. The van der Waals surface area contributed by atoms with Gasteiger partial charge in [-0.25, -0.2) is 9.37 Å². The lowest BCUT2D eigenvalue weighted by atomic mass is 10.0. The molecule has 1 unspecified atom stereocenters. The molecule has 0 amide bonds. The molecule has 0 saturated carbocycles. The summed E-state index contributed by atoms with van der Waals surface area (Å²) in [6, 6.07) is 12.8. The number of ether oxygens (including phenoxy) is 1. The fourth-order valence-electron chi connectivity index (χ4n) is 3.94. The molecule has 0 radical (unpaired) electrons. The summed E-state index contributed by atoms with van der Waals surface area (Å²) in [5.41, 5.74) is 3.06. The van der Waals surface area contributed by atoms with Crippen LogP contribution in [0.2, 0.25) is 0 Å². The topological polar surface area (TPSA) is 66.2 Å². The number of morpholine rings is 1. The number of nitrogens with zero attached hydrogens (tertiary/aromatic N) is 4. The Labute approximate surface area is 211 Å². The third-order valence-corrected chi connectivity index (χ3v) is 5.60. The number of halogens is 2. The summed E-state index contributed by atoms with van der Waals surface area (Å²) in [6.45, 7) is 7.24. The third-order valence-electron chi connectivity index (χ3n) is 5.60. The van der Waals surface area contributed by atoms with Crippen molar-refractivity contribution in [1.29, 1.82) is 0 Å². The van der Waals surface area contributed by atoms with Crippen LogP contribution in [0.1, 0.15) is 24.2 Å². The van der Waals surface area contributed by atoms with Crippen LogP contribution < -0.4 is 10.6 Å². The molecule has 3 aromatic rings. The average Bonchev–Trinajstić information content (AvgIpc) is 3.24. The van der Waals surface area contributed by atoms with Crippen LogP contribution in [0.4, 0.5) is 4.39 Å². The number of benzene rings is 1. The van der Waals surface area contributed by atoms with Crippen LogP contribution in [0, 0.1) is 5.82 Å². The minimum Gasteiger partial charge on any atom is -0.379 e. The Kier molecular flexibility index (Phi) is 9.89. The van der Waals surface area contributed by atoms with Gasteiger partial charge in [-0.05, 0) is 36.8 Å². The molecule has 0 bridgehead atoms. The normalized spacial score (nSPS) is 15.8. The highest BCUT2D eigenvalue weighted by atomic mass is 127. The Balaban J connectivity index is 0.00000306. The molecule has 1 saturated heterocycles. The van der Waals surface area contributed by atoms with Crippen LogP contribution in [0.3, 0.4) is 0 Å². The highest BCUT2D eigenvalue weighted by molar-refractivity contribution is 14.0. The van der Waals surface area contributed by atoms with E-state index < -0.39 is 0 Å². The first-order valence-electron chi connectivity index (χ1n) is 11.2. The Morgan fingerprint density at radius 1 is 1.15 bits per heavy atom. The fraction of sp³-hybridized carbons (Fsp3) is 0.417. The SMILES string of the molecule is CCNC(=NCC(c1ccc(F)cc1)N1CCOCC1)NCCc1cn2ccccc2n1.I. The van der Waals surface area contributed by atoms with Crippen molar-refractivity contribution in [2.45, 2.75) is 19.4 Å². The number of rotatable bonds is 8. The number of nitrogens with one attached hydrogen (secondary N) is 2. The van der Waals surface area contributed by atoms with E-state index in [1.807, 2.05) is 40.9 Å². The van der Waals surface area contributed by atoms with Gasteiger partial charge in [-0.2, -0.15) is 0 Å². The molecule has 1 aromatic carbocycles. The molecular weight excluding hydrogens is 534 g/mol. The number of imidazole rings is 1. The summed E-state index contributed by atoms with van der Waals surface area (Å²) in [5, 5.41) is 6.74. The number of hydrogen-bond acceptors (Lipinski definition) is 4. The summed E-state index contributed by atoms with van der Waals surface area (Å²) in [6.07, 6.45) is 4.87.